The Bertz CT molecular complexity index is 5300. The molecule has 464 valence electrons. The molecule has 16 rings (SSSR count). The molecule has 0 atom stereocenters. The summed E-state index contributed by atoms with van der Waals surface area (Å²) in [5.41, 5.74) is 10.3. The molecule has 14 aromatic rings. The fraction of sp³-hybridized carbons (Fsp3) is 0.209. The van der Waals surface area contributed by atoms with Gasteiger partial charge in [-0.3, -0.25) is 19.2 Å². The third kappa shape index (κ3) is 9.22. The Morgan fingerprint density at radius 2 is 0.617 bits per heavy atom. The van der Waals surface area contributed by atoms with E-state index in [1.54, 1.807) is 0 Å². The van der Waals surface area contributed by atoms with Crippen LogP contribution in [0.15, 0.2) is 194 Å². The number of aryl methyl sites for hydroxylation is 2. The second-order valence-corrected chi connectivity index (χ2v) is 26.8. The fourth-order valence-corrected chi connectivity index (χ4v) is 15.5. The van der Waals surface area contributed by atoms with Gasteiger partial charge in [-0.05, 0) is 184 Å². The zero-order valence-electron chi connectivity index (χ0n) is 55.0. The fourth-order valence-electron chi connectivity index (χ4n) is 15.5. The van der Waals surface area contributed by atoms with E-state index in [1.807, 2.05) is 84.9 Å². The van der Waals surface area contributed by atoms with Gasteiger partial charge < -0.3 is 9.47 Å². The largest absolute Gasteiger partial charge is 0.457 e. The van der Waals surface area contributed by atoms with Crippen LogP contribution in [0.1, 0.15) is 181 Å². The summed E-state index contributed by atoms with van der Waals surface area (Å²) >= 11 is 0. The topological polar surface area (TPSA) is 93.2 Å². The molecule has 0 unspecified atom stereocenters. The van der Waals surface area contributed by atoms with Gasteiger partial charge >= 0.3 is 0 Å². The van der Waals surface area contributed by atoms with E-state index in [2.05, 4.69) is 178 Å². The van der Waals surface area contributed by atoms with Crippen molar-refractivity contribution in [2.45, 2.75) is 119 Å². The van der Waals surface area contributed by atoms with E-state index in [0.29, 0.717) is 34.1 Å². The first-order valence-corrected chi connectivity index (χ1v) is 33.5. The molecular formula is C86H74N2O6. The summed E-state index contributed by atoms with van der Waals surface area (Å²) in [6.07, 6.45) is 3.43. The summed E-state index contributed by atoms with van der Waals surface area (Å²) in [6, 6.07) is 65.5. The first-order chi connectivity index (χ1) is 45.6. The van der Waals surface area contributed by atoms with Crippen molar-refractivity contribution >= 4 is 121 Å². The van der Waals surface area contributed by atoms with Crippen LogP contribution in [-0.2, 0) is 12.8 Å². The second-order valence-electron chi connectivity index (χ2n) is 26.8. The lowest BCUT2D eigenvalue weighted by molar-refractivity contribution is 0.0877. The molecule has 2 aliphatic heterocycles. The highest BCUT2D eigenvalue weighted by atomic mass is 16.5. The predicted molar refractivity (Wildman–Crippen MR) is 388 cm³/mol. The molecule has 14 aromatic carbocycles. The van der Waals surface area contributed by atoms with Gasteiger partial charge in [0.15, 0.2) is 0 Å². The lowest BCUT2D eigenvalue weighted by Crippen LogP contribution is -2.41. The summed E-state index contributed by atoms with van der Waals surface area (Å²) in [5, 5.41) is 16.2. The number of carbonyl (C=O) groups is 4. The molecule has 4 amide bonds. The average Bonchev–Trinajstić information content (AvgIpc) is 0.704. The number of nitrogens with zero attached hydrogens (tertiary/aromatic N) is 2. The van der Waals surface area contributed by atoms with Crippen LogP contribution in [0, 0.1) is 0 Å². The van der Waals surface area contributed by atoms with Crippen LogP contribution in [0.2, 0.25) is 0 Å². The standard InChI is InChI=1S/C46H43NO3.C40H31NO3/c1-8-12-28-13-9-14-29(25(2)3)43(28)47-45(48)37-21-19-34-32-17-11-18-36-39(50-44-30(26(4)5)15-10-16-31(44)27(6)7)24-23-33(40(32)36)35-20-22-38(46(47)49)42(37)41(34)35;1-4-10-24-11-8-14-26(23(2)3)38(24)41-39(42)32-19-17-29-27-15-9-16-31-34(44-25-12-6-5-7-13-25)22-21-28(35(27)31)30-18-20-33(40(41)43)37(32)36(29)30/h9-11,13-27H,8,12H2,1-7H3;5-9,11-23H,4,10H2,1-3H3. The first-order valence-electron chi connectivity index (χ1n) is 33.5. The van der Waals surface area contributed by atoms with Gasteiger partial charge in [0.2, 0.25) is 0 Å². The molecule has 0 saturated heterocycles. The Morgan fingerprint density at radius 1 is 0.298 bits per heavy atom. The third-order valence-corrected chi connectivity index (χ3v) is 19.8. The van der Waals surface area contributed by atoms with Crippen molar-refractivity contribution in [2.24, 2.45) is 0 Å². The van der Waals surface area contributed by atoms with Gasteiger partial charge in [-0.1, -0.05) is 216 Å². The third-order valence-electron chi connectivity index (χ3n) is 19.8. The van der Waals surface area contributed by atoms with Gasteiger partial charge in [0.25, 0.3) is 23.6 Å². The van der Waals surface area contributed by atoms with Gasteiger partial charge in [0.1, 0.15) is 23.0 Å². The van der Waals surface area contributed by atoms with Crippen molar-refractivity contribution < 1.29 is 28.7 Å². The number of anilines is 2. The molecular weight excluding hydrogens is 1160 g/mol. The van der Waals surface area contributed by atoms with Crippen LogP contribution in [0.25, 0.3) is 86.2 Å². The van der Waals surface area contributed by atoms with Gasteiger partial charge in [0.05, 0.1) is 11.4 Å². The molecule has 0 saturated carbocycles. The molecule has 0 bridgehead atoms. The van der Waals surface area contributed by atoms with Gasteiger partial charge in [-0.25, -0.2) is 9.80 Å². The molecule has 8 heteroatoms. The Labute approximate surface area is 548 Å². The zero-order valence-corrected chi connectivity index (χ0v) is 55.0. The van der Waals surface area contributed by atoms with Crippen LogP contribution in [0.5, 0.6) is 23.0 Å². The number of fused-ring (bicyclic) bond motifs is 4. The highest BCUT2D eigenvalue weighted by Crippen LogP contribution is 2.51. The Kier molecular flexibility index (Phi) is 14.8. The van der Waals surface area contributed by atoms with Gasteiger partial charge in [-0.2, -0.15) is 0 Å². The molecule has 2 aliphatic rings. The lowest BCUT2D eigenvalue weighted by atomic mass is 9.84. The van der Waals surface area contributed by atoms with Crippen LogP contribution in [0.4, 0.5) is 11.4 Å². The highest BCUT2D eigenvalue weighted by Gasteiger charge is 2.40. The number of hydrogen-bond donors (Lipinski definition) is 0. The molecule has 8 nitrogen and oxygen atoms in total. The maximum atomic E-state index is 14.6. The number of ether oxygens (including phenoxy) is 2. The molecule has 2 heterocycles. The monoisotopic (exact) mass is 1230 g/mol. The van der Waals surface area contributed by atoms with Gasteiger partial charge in [-0.15, -0.1) is 0 Å². The second kappa shape index (κ2) is 23.3. The number of imide groups is 2. The van der Waals surface area contributed by atoms with E-state index in [0.717, 1.165) is 168 Å². The number of amides is 4. The van der Waals surface area contributed by atoms with Gasteiger partial charge in [0, 0.05) is 54.6 Å². The van der Waals surface area contributed by atoms with E-state index in [4.69, 9.17) is 9.47 Å². The molecule has 0 aromatic heterocycles. The first kappa shape index (κ1) is 59.8. The van der Waals surface area contributed by atoms with E-state index in [1.165, 1.54) is 20.9 Å². The van der Waals surface area contributed by atoms with Crippen molar-refractivity contribution in [3.8, 4) is 23.0 Å². The highest BCUT2D eigenvalue weighted by molar-refractivity contribution is 6.44. The summed E-state index contributed by atoms with van der Waals surface area (Å²) in [5.74, 6) is 3.25. The molecule has 0 N–H and O–H groups in total. The lowest BCUT2D eigenvalue weighted by Gasteiger charge is -2.32. The summed E-state index contributed by atoms with van der Waals surface area (Å²) in [6.45, 7) is 21.6. The SMILES string of the molecule is CCCc1cccc(C(C)C)c1N1C(=O)c2ccc3c4cccc5c(Oc6c(C(C)C)cccc6C(C)C)ccc(c6ccc(c2c36)C1=O)c54.CCCc1cccc(C(C)C)c1N1C(=O)c2ccc3c4cccc5c(Oc6ccccc6)ccc(c6ccc(c2c36)C1=O)c54. The summed E-state index contributed by atoms with van der Waals surface area (Å²) in [7, 11) is 0. The van der Waals surface area contributed by atoms with Crippen LogP contribution in [0.3, 0.4) is 0 Å². The maximum Gasteiger partial charge on any atom is 0.266 e. The van der Waals surface area contributed by atoms with Crippen molar-refractivity contribution in [2.75, 3.05) is 9.80 Å². The summed E-state index contributed by atoms with van der Waals surface area (Å²) < 4.78 is 13.3. The summed E-state index contributed by atoms with van der Waals surface area (Å²) in [4.78, 5) is 60.9. The Hall–Kier alpha value is -10.4. The minimum atomic E-state index is -0.257. The number of rotatable bonds is 14. The Balaban J connectivity index is 0.000000156. The molecule has 0 fully saturated rings. The number of carbonyl (C=O) groups excluding carboxylic acids is 4. The van der Waals surface area contributed by atoms with E-state index < -0.39 is 0 Å². The maximum absolute atomic E-state index is 14.6. The van der Waals surface area contributed by atoms with Crippen LogP contribution >= 0.6 is 0 Å². The predicted octanol–water partition coefficient (Wildman–Crippen LogP) is 23.1. The van der Waals surface area contributed by atoms with E-state index >= 15 is 0 Å². The molecule has 0 aliphatic carbocycles. The minimum absolute atomic E-state index is 0.154. The number of hydrogen-bond acceptors (Lipinski definition) is 6. The quantitative estimate of drug-likeness (QED) is 0.0612. The van der Waals surface area contributed by atoms with Crippen LogP contribution < -0.4 is 19.3 Å². The zero-order chi connectivity index (χ0) is 65.1. The van der Waals surface area contributed by atoms with Crippen molar-refractivity contribution in [1.82, 2.24) is 0 Å². The molecule has 0 radical (unpaired) electrons. The normalized spacial score (nSPS) is 13.4. The van der Waals surface area contributed by atoms with E-state index in [9.17, 15) is 19.2 Å². The Morgan fingerprint density at radius 3 is 1.00 bits per heavy atom. The minimum Gasteiger partial charge on any atom is -0.457 e. The molecule has 94 heavy (non-hydrogen) atoms. The van der Waals surface area contributed by atoms with Crippen molar-refractivity contribution in [3.63, 3.8) is 0 Å². The average molecular weight is 1230 g/mol. The number of para-hydroxylation sites is 4. The van der Waals surface area contributed by atoms with Crippen molar-refractivity contribution in [3.05, 3.63) is 250 Å². The number of benzene rings is 14. The smallest absolute Gasteiger partial charge is 0.266 e. The van der Waals surface area contributed by atoms with E-state index in [-0.39, 0.29) is 35.5 Å². The van der Waals surface area contributed by atoms with Crippen molar-refractivity contribution in [1.29, 1.82) is 0 Å². The van der Waals surface area contributed by atoms with Crippen LogP contribution in [-0.4, -0.2) is 23.6 Å². The molecule has 0 spiro atoms.